The van der Waals surface area contributed by atoms with Gasteiger partial charge in [-0.3, -0.25) is 4.79 Å². The third kappa shape index (κ3) is 4.46. The number of nitrogens with zero attached hydrogens (tertiary/aromatic N) is 3. The number of anilines is 1. The van der Waals surface area contributed by atoms with Gasteiger partial charge in [0.15, 0.2) is 0 Å². The summed E-state index contributed by atoms with van der Waals surface area (Å²) < 4.78 is 1.87. The maximum atomic E-state index is 12.3. The van der Waals surface area contributed by atoms with E-state index >= 15 is 0 Å². The number of carbonyl (C=O) groups excluding carboxylic acids is 1. The number of nitrogens with one attached hydrogen (secondary N) is 1. The first kappa shape index (κ1) is 19.6. The molecule has 4 rings (SSSR count). The van der Waals surface area contributed by atoms with Crippen LogP contribution in [0.15, 0.2) is 47.6 Å². The van der Waals surface area contributed by atoms with Crippen LogP contribution in [0.1, 0.15) is 24.6 Å². The van der Waals surface area contributed by atoms with Crippen molar-refractivity contribution >= 4 is 58.2 Å². The lowest BCUT2D eigenvalue weighted by molar-refractivity contribution is -0.113. The lowest BCUT2D eigenvalue weighted by Gasteiger charge is -2.09. The molecule has 0 radical (unpaired) electrons. The van der Waals surface area contributed by atoms with E-state index in [1.807, 2.05) is 35.0 Å². The second-order valence-corrected chi connectivity index (χ2v) is 8.55. The Labute approximate surface area is 181 Å². The summed E-state index contributed by atoms with van der Waals surface area (Å²) in [7, 11) is 0. The highest BCUT2D eigenvalue weighted by Gasteiger charge is 2.30. The maximum Gasteiger partial charge on any atom is 0.234 e. The van der Waals surface area contributed by atoms with E-state index in [4.69, 9.17) is 34.8 Å². The van der Waals surface area contributed by atoms with Gasteiger partial charge in [0.2, 0.25) is 11.1 Å². The van der Waals surface area contributed by atoms with E-state index in [0.717, 1.165) is 24.4 Å². The van der Waals surface area contributed by atoms with Gasteiger partial charge < -0.3 is 5.32 Å². The van der Waals surface area contributed by atoms with Gasteiger partial charge in [-0.1, -0.05) is 64.8 Å². The standard InChI is InChI=1S/C19H15Cl3N4OS/c20-12-8-14(21)17(15(22)9-12)23-16(27)10-28-19-24-18(11-6-7-11)26(25-19)13-4-2-1-3-5-13/h1-5,8-9,11H,6-7,10H2,(H,23,27). The molecule has 144 valence electrons. The van der Waals surface area contributed by atoms with Crippen LogP contribution < -0.4 is 5.32 Å². The molecule has 0 aliphatic heterocycles. The van der Waals surface area contributed by atoms with E-state index in [-0.39, 0.29) is 11.7 Å². The average Bonchev–Trinajstić information content (AvgIpc) is 3.43. The summed E-state index contributed by atoms with van der Waals surface area (Å²) in [5, 5.41) is 8.86. The van der Waals surface area contributed by atoms with Gasteiger partial charge in [0, 0.05) is 10.9 Å². The van der Waals surface area contributed by atoms with E-state index in [1.54, 1.807) is 0 Å². The van der Waals surface area contributed by atoms with E-state index in [2.05, 4.69) is 15.4 Å². The van der Waals surface area contributed by atoms with Crippen molar-refractivity contribution in [2.24, 2.45) is 0 Å². The van der Waals surface area contributed by atoms with Crippen LogP contribution in [0.4, 0.5) is 5.69 Å². The van der Waals surface area contributed by atoms with Crippen molar-refractivity contribution in [3.63, 3.8) is 0 Å². The third-order valence-corrected chi connectivity index (χ3v) is 5.81. The number of thioether (sulfide) groups is 1. The zero-order chi connectivity index (χ0) is 19.7. The number of rotatable bonds is 6. The Bertz CT molecular complexity index is 998. The summed E-state index contributed by atoms with van der Waals surface area (Å²) in [5.74, 6) is 1.26. The van der Waals surface area contributed by atoms with Gasteiger partial charge in [-0.2, -0.15) is 0 Å². The third-order valence-electron chi connectivity index (χ3n) is 4.16. The molecular weight excluding hydrogens is 439 g/mol. The summed E-state index contributed by atoms with van der Waals surface area (Å²) >= 11 is 19.4. The van der Waals surface area contributed by atoms with Crippen LogP contribution in [0.3, 0.4) is 0 Å². The second kappa shape index (κ2) is 8.33. The molecule has 1 fully saturated rings. The Morgan fingerprint density at radius 3 is 2.46 bits per heavy atom. The Kier molecular flexibility index (Phi) is 5.83. The van der Waals surface area contributed by atoms with Gasteiger partial charge in [0.1, 0.15) is 5.82 Å². The molecule has 0 spiro atoms. The number of aromatic nitrogens is 3. The molecule has 1 aromatic heterocycles. The number of carbonyl (C=O) groups is 1. The molecule has 3 aromatic rings. The summed E-state index contributed by atoms with van der Waals surface area (Å²) in [5.41, 5.74) is 1.31. The molecule has 2 aromatic carbocycles. The molecule has 1 aliphatic carbocycles. The minimum atomic E-state index is -0.250. The van der Waals surface area contributed by atoms with Crippen molar-refractivity contribution in [3.8, 4) is 5.69 Å². The molecule has 0 bridgehead atoms. The van der Waals surface area contributed by atoms with Crippen molar-refractivity contribution < 1.29 is 4.79 Å². The van der Waals surface area contributed by atoms with Crippen LogP contribution in [-0.2, 0) is 4.79 Å². The number of amides is 1. The van der Waals surface area contributed by atoms with Crippen LogP contribution in [0.2, 0.25) is 15.1 Å². The van der Waals surface area contributed by atoms with Crippen molar-refractivity contribution in [2.45, 2.75) is 23.9 Å². The van der Waals surface area contributed by atoms with Crippen molar-refractivity contribution in [1.29, 1.82) is 0 Å². The molecular formula is C19H15Cl3N4OS. The van der Waals surface area contributed by atoms with E-state index in [9.17, 15) is 4.79 Å². The molecule has 1 amide bonds. The highest BCUT2D eigenvalue weighted by molar-refractivity contribution is 7.99. The van der Waals surface area contributed by atoms with Gasteiger partial charge in [-0.15, -0.1) is 5.10 Å². The lowest BCUT2D eigenvalue weighted by Crippen LogP contribution is -2.14. The topological polar surface area (TPSA) is 59.8 Å². The number of benzene rings is 2. The fourth-order valence-electron chi connectivity index (χ4n) is 2.70. The molecule has 9 heteroatoms. The van der Waals surface area contributed by atoms with Crippen LogP contribution in [-0.4, -0.2) is 26.4 Å². The number of halogens is 3. The number of hydrogen-bond acceptors (Lipinski definition) is 4. The minimum Gasteiger partial charge on any atom is -0.323 e. The molecule has 0 atom stereocenters. The van der Waals surface area contributed by atoms with Gasteiger partial charge in [0.05, 0.1) is 27.2 Å². The minimum absolute atomic E-state index is 0.137. The smallest absolute Gasteiger partial charge is 0.234 e. The molecule has 1 N–H and O–H groups in total. The Balaban J connectivity index is 1.46. The molecule has 0 saturated heterocycles. The summed E-state index contributed by atoms with van der Waals surface area (Å²) in [6.45, 7) is 0. The second-order valence-electron chi connectivity index (χ2n) is 6.36. The molecule has 1 aliphatic rings. The fraction of sp³-hybridized carbons (Fsp3) is 0.211. The summed E-state index contributed by atoms with van der Waals surface area (Å²) in [6.07, 6.45) is 2.23. The fourth-order valence-corrected chi connectivity index (χ4v) is 4.24. The highest BCUT2D eigenvalue weighted by atomic mass is 35.5. The van der Waals surface area contributed by atoms with E-state index in [0.29, 0.717) is 31.8 Å². The monoisotopic (exact) mass is 452 g/mol. The molecule has 28 heavy (non-hydrogen) atoms. The van der Waals surface area contributed by atoms with Crippen LogP contribution in [0, 0.1) is 0 Å². The first-order chi connectivity index (χ1) is 13.5. The molecule has 0 unspecified atom stereocenters. The van der Waals surface area contributed by atoms with Gasteiger partial charge >= 0.3 is 0 Å². The Hall–Kier alpha value is -1.73. The predicted molar refractivity (Wildman–Crippen MR) is 114 cm³/mol. The number of hydrogen-bond donors (Lipinski definition) is 1. The first-order valence-electron chi connectivity index (χ1n) is 8.61. The lowest BCUT2D eigenvalue weighted by atomic mass is 10.3. The van der Waals surface area contributed by atoms with Gasteiger partial charge in [0.25, 0.3) is 0 Å². The average molecular weight is 454 g/mol. The molecule has 5 nitrogen and oxygen atoms in total. The predicted octanol–water partition coefficient (Wildman–Crippen LogP) is 5.84. The molecule has 1 saturated carbocycles. The van der Waals surface area contributed by atoms with Crippen molar-refractivity contribution in [2.75, 3.05) is 11.1 Å². The normalized spacial score (nSPS) is 13.5. The van der Waals surface area contributed by atoms with E-state index < -0.39 is 0 Å². The SMILES string of the molecule is O=C(CSc1nc(C2CC2)n(-c2ccccc2)n1)Nc1c(Cl)cc(Cl)cc1Cl. The van der Waals surface area contributed by atoms with E-state index in [1.165, 1.54) is 23.9 Å². The maximum absolute atomic E-state index is 12.3. The quantitative estimate of drug-likeness (QED) is 0.477. The Morgan fingerprint density at radius 2 is 1.82 bits per heavy atom. The van der Waals surface area contributed by atoms with Crippen LogP contribution in [0.25, 0.3) is 5.69 Å². The largest absolute Gasteiger partial charge is 0.323 e. The van der Waals surface area contributed by atoms with Crippen molar-refractivity contribution in [1.82, 2.24) is 14.8 Å². The number of para-hydroxylation sites is 1. The van der Waals surface area contributed by atoms with Crippen LogP contribution in [0.5, 0.6) is 0 Å². The first-order valence-corrected chi connectivity index (χ1v) is 10.7. The van der Waals surface area contributed by atoms with Crippen molar-refractivity contribution in [3.05, 3.63) is 63.4 Å². The zero-order valence-corrected chi connectivity index (χ0v) is 17.6. The highest BCUT2D eigenvalue weighted by Crippen LogP contribution is 2.40. The van der Waals surface area contributed by atoms with Gasteiger partial charge in [-0.25, -0.2) is 9.67 Å². The van der Waals surface area contributed by atoms with Gasteiger partial charge in [-0.05, 0) is 37.1 Å². The Morgan fingerprint density at radius 1 is 1.14 bits per heavy atom. The van der Waals surface area contributed by atoms with Crippen LogP contribution >= 0.6 is 46.6 Å². The summed E-state index contributed by atoms with van der Waals surface area (Å²) in [6, 6.07) is 12.9. The molecule has 1 heterocycles. The summed E-state index contributed by atoms with van der Waals surface area (Å²) in [4.78, 5) is 17.0. The zero-order valence-electron chi connectivity index (χ0n) is 14.5.